The molecule has 2 aromatic heterocycles. The second-order valence-electron chi connectivity index (χ2n) is 8.98. The van der Waals surface area contributed by atoms with Crippen LogP contribution in [0.1, 0.15) is 25.3 Å². The van der Waals surface area contributed by atoms with E-state index in [2.05, 4.69) is 32.0 Å². The molecule has 186 valence electrons. The van der Waals surface area contributed by atoms with Crippen LogP contribution >= 0.6 is 0 Å². The number of hydrogen-bond donors (Lipinski definition) is 1. The van der Waals surface area contributed by atoms with Crippen LogP contribution in [0.3, 0.4) is 0 Å². The second-order valence-corrected chi connectivity index (χ2v) is 8.98. The molecule has 2 fully saturated rings. The average molecular weight is 487 g/mol. The lowest BCUT2D eigenvalue weighted by molar-refractivity contribution is -0.125. The zero-order chi connectivity index (χ0) is 24.9. The lowest BCUT2D eigenvalue weighted by atomic mass is 10.1. The van der Waals surface area contributed by atoms with E-state index in [-0.39, 0.29) is 12.0 Å². The van der Waals surface area contributed by atoms with Gasteiger partial charge in [-0.15, -0.1) is 0 Å². The van der Waals surface area contributed by atoms with Gasteiger partial charge in [-0.05, 0) is 68.5 Å². The molecule has 3 aromatic rings. The number of hydrogen-bond acceptors (Lipinski definition) is 8. The summed E-state index contributed by atoms with van der Waals surface area (Å²) in [4.78, 5) is 29.8. The van der Waals surface area contributed by atoms with Crippen molar-refractivity contribution in [2.75, 3.05) is 49.6 Å². The number of benzene rings is 1. The Hall–Kier alpha value is -3.90. The smallest absolute Gasteiger partial charge is 0.298 e. The van der Waals surface area contributed by atoms with Gasteiger partial charge < -0.3 is 24.6 Å². The quantitative estimate of drug-likeness (QED) is 0.549. The van der Waals surface area contributed by atoms with E-state index in [1.807, 2.05) is 37.3 Å². The van der Waals surface area contributed by atoms with Gasteiger partial charge in [-0.1, -0.05) is 5.92 Å². The van der Waals surface area contributed by atoms with Crippen LogP contribution in [0.15, 0.2) is 36.7 Å². The number of carbonyl (C=O) groups excluding carboxylic acids is 1. The maximum Gasteiger partial charge on any atom is 0.298 e. The molecule has 2 aliphatic rings. The summed E-state index contributed by atoms with van der Waals surface area (Å²) in [6, 6.07) is 9.94. The first-order valence-corrected chi connectivity index (χ1v) is 12.3. The van der Waals surface area contributed by atoms with Gasteiger partial charge in [0.05, 0.1) is 12.1 Å². The van der Waals surface area contributed by atoms with Crippen LogP contribution in [0, 0.1) is 18.8 Å². The van der Waals surface area contributed by atoms with Gasteiger partial charge in [0.15, 0.2) is 5.82 Å². The van der Waals surface area contributed by atoms with Gasteiger partial charge in [-0.2, -0.15) is 0 Å². The molecule has 1 aromatic carbocycles. The van der Waals surface area contributed by atoms with E-state index in [4.69, 9.17) is 14.5 Å². The molecule has 36 heavy (non-hydrogen) atoms. The van der Waals surface area contributed by atoms with Gasteiger partial charge in [0.1, 0.15) is 29.5 Å². The fourth-order valence-electron chi connectivity index (χ4n) is 4.50. The van der Waals surface area contributed by atoms with Crippen molar-refractivity contribution >= 4 is 34.3 Å². The second kappa shape index (κ2) is 10.8. The first kappa shape index (κ1) is 23.8. The van der Waals surface area contributed by atoms with Crippen molar-refractivity contribution in [1.29, 1.82) is 0 Å². The molecule has 1 N–H and O–H groups in total. The maximum absolute atomic E-state index is 12.1. The molecule has 5 rings (SSSR count). The van der Waals surface area contributed by atoms with Crippen molar-refractivity contribution in [3.63, 3.8) is 0 Å². The molecule has 2 saturated heterocycles. The van der Waals surface area contributed by atoms with Gasteiger partial charge in [-0.3, -0.25) is 4.79 Å². The minimum atomic E-state index is -0.123. The predicted molar refractivity (Wildman–Crippen MR) is 139 cm³/mol. The topological polar surface area (TPSA) is 92.7 Å². The third kappa shape index (κ3) is 5.34. The molecule has 0 spiro atoms. The van der Waals surface area contributed by atoms with Gasteiger partial charge in [0, 0.05) is 38.5 Å². The van der Waals surface area contributed by atoms with Gasteiger partial charge >= 0.3 is 0 Å². The van der Waals surface area contributed by atoms with E-state index >= 15 is 0 Å². The number of rotatable bonds is 5. The molecule has 2 aliphatic heterocycles. The lowest BCUT2D eigenvalue weighted by Gasteiger charge is -2.34. The minimum absolute atomic E-state index is 0.101. The normalized spacial score (nSPS) is 17.9. The van der Waals surface area contributed by atoms with E-state index in [9.17, 15) is 4.79 Å². The van der Waals surface area contributed by atoms with Gasteiger partial charge in [0.2, 0.25) is 0 Å². The molecule has 1 unspecified atom stereocenters. The number of carbonyl (C=O) groups is 1. The van der Waals surface area contributed by atoms with Crippen LogP contribution in [-0.4, -0.2) is 71.3 Å². The summed E-state index contributed by atoms with van der Waals surface area (Å²) in [5.74, 6) is 7.52. The first-order chi connectivity index (χ1) is 17.6. The number of piperazine rings is 1. The summed E-state index contributed by atoms with van der Waals surface area (Å²) >= 11 is 0. The van der Waals surface area contributed by atoms with Crippen molar-refractivity contribution in [3.8, 4) is 17.6 Å². The molecule has 0 aliphatic carbocycles. The Bertz CT molecular complexity index is 1300. The van der Waals surface area contributed by atoms with E-state index in [0.717, 1.165) is 47.8 Å². The Morgan fingerprint density at radius 1 is 1.17 bits per heavy atom. The summed E-state index contributed by atoms with van der Waals surface area (Å²) in [7, 11) is 0. The van der Waals surface area contributed by atoms with Crippen molar-refractivity contribution in [2.24, 2.45) is 0 Å². The fourth-order valence-corrected chi connectivity index (χ4v) is 4.50. The van der Waals surface area contributed by atoms with Crippen molar-refractivity contribution in [2.45, 2.75) is 32.8 Å². The summed E-state index contributed by atoms with van der Waals surface area (Å²) in [6.45, 7) is 7.78. The van der Waals surface area contributed by atoms with Crippen LogP contribution < -0.4 is 15.0 Å². The molecule has 9 nitrogen and oxygen atoms in total. The molecular formula is C27H30N6O3. The first-order valence-electron chi connectivity index (χ1n) is 12.3. The minimum Gasteiger partial charge on any atom is -0.488 e. The number of nitrogens with zero attached hydrogens (tertiary/aromatic N) is 5. The van der Waals surface area contributed by atoms with Crippen molar-refractivity contribution in [1.82, 2.24) is 19.9 Å². The Balaban J connectivity index is 1.31. The number of aryl methyl sites for hydroxylation is 1. The highest BCUT2D eigenvalue weighted by molar-refractivity contribution is 5.93. The molecule has 0 radical (unpaired) electrons. The van der Waals surface area contributed by atoms with Crippen molar-refractivity contribution in [3.05, 3.63) is 42.2 Å². The number of nitrogens with one attached hydrogen (secondary N) is 1. The SMILES string of the molecule is CC#CC(=O)N1CCN(c2ccc3ncnc(Nc4ccc(OC5CCCOC5)c(C)c4)c3n2)CC1. The number of ether oxygens (including phenoxy) is 2. The third-order valence-electron chi connectivity index (χ3n) is 6.44. The molecular weight excluding hydrogens is 456 g/mol. The maximum atomic E-state index is 12.1. The number of pyridine rings is 1. The number of fused-ring (bicyclic) bond motifs is 1. The lowest BCUT2D eigenvalue weighted by Crippen LogP contribution is -2.48. The molecule has 9 heteroatoms. The summed E-state index contributed by atoms with van der Waals surface area (Å²) in [6.07, 6.45) is 3.68. The Labute approximate surface area is 210 Å². The van der Waals surface area contributed by atoms with E-state index in [0.29, 0.717) is 44.1 Å². The van der Waals surface area contributed by atoms with Crippen LogP contribution in [-0.2, 0) is 9.53 Å². The monoisotopic (exact) mass is 486 g/mol. The highest BCUT2D eigenvalue weighted by atomic mass is 16.5. The number of anilines is 3. The van der Waals surface area contributed by atoms with Crippen LogP contribution in [0.4, 0.5) is 17.3 Å². The molecule has 1 atom stereocenters. The zero-order valence-corrected chi connectivity index (χ0v) is 20.7. The predicted octanol–water partition coefficient (Wildman–Crippen LogP) is 3.31. The highest BCUT2D eigenvalue weighted by Crippen LogP contribution is 2.29. The molecule has 0 saturated carbocycles. The zero-order valence-electron chi connectivity index (χ0n) is 20.7. The van der Waals surface area contributed by atoms with E-state index in [1.165, 1.54) is 0 Å². The van der Waals surface area contributed by atoms with Crippen molar-refractivity contribution < 1.29 is 14.3 Å². The van der Waals surface area contributed by atoms with Crippen LogP contribution in [0.25, 0.3) is 11.0 Å². The van der Waals surface area contributed by atoms with Crippen LogP contribution in [0.2, 0.25) is 0 Å². The average Bonchev–Trinajstić information content (AvgIpc) is 2.91. The summed E-state index contributed by atoms with van der Waals surface area (Å²) < 4.78 is 11.7. The molecule has 1 amide bonds. The highest BCUT2D eigenvalue weighted by Gasteiger charge is 2.22. The Morgan fingerprint density at radius 2 is 2.03 bits per heavy atom. The van der Waals surface area contributed by atoms with Crippen LogP contribution in [0.5, 0.6) is 5.75 Å². The number of aromatic nitrogens is 3. The Morgan fingerprint density at radius 3 is 2.78 bits per heavy atom. The summed E-state index contributed by atoms with van der Waals surface area (Å²) in [5, 5.41) is 3.40. The van der Waals surface area contributed by atoms with Gasteiger partial charge in [-0.25, -0.2) is 15.0 Å². The molecule has 4 heterocycles. The third-order valence-corrected chi connectivity index (χ3v) is 6.44. The Kier molecular flexibility index (Phi) is 7.14. The standard InChI is InChI=1S/C27H30N6O3/c1-3-5-25(34)33-13-11-32(12-14-33)24-10-8-22-26(31-24)27(29-18-28-22)30-20-7-9-23(19(2)16-20)36-21-6-4-15-35-17-21/h7-10,16,18,21H,4,6,11-15,17H2,1-2H3,(H,28,29,30). The number of amides is 1. The largest absolute Gasteiger partial charge is 0.488 e. The summed E-state index contributed by atoms with van der Waals surface area (Å²) in [5.41, 5.74) is 3.40. The van der Waals surface area contributed by atoms with E-state index in [1.54, 1.807) is 18.2 Å². The van der Waals surface area contributed by atoms with Gasteiger partial charge in [0.25, 0.3) is 5.91 Å². The fraction of sp³-hybridized carbons (Fsp3) is 0.407. The van der Waals surface area contributed by atoms with E-state index < -0.39 is 0 Å². The molecule has 0 bridgehead atoms.